The van der Waals surface area contributed by atoms with E-state index in [4.69, 9.17) is 0 Å². The normalized spacial score (nSPS) is 11.2. The van der Waals surface area contributed by atoms with E-state index in [-0.39, 0.29) is 11.9 Å². The Kier molecular flexibility index (Phi) is 17.2. The van der Waals surface area contributed by atoms with Crippen LogP contribution in [0.25, 0.3) is 0 Å². The second-order valence-corrected chi connectivity index (χ2v) is 9.83. The third-order valence-electron chi connectivity index (χ3n) is 6.44. The Balaban J connectivity index is 1.57. The smallest absolute Gasteiger partial charge is 0.296 e. The van der Waals surface area contributed by atoms with Gasteiger partial charge in [0.25, 0.3) is 5.91 Å². The van der Waals surface area contributed by atoms with Gasteiger partial charge in [0.15, 0.2) is 0 Å². The van der Waals surface area contributed by atoms with Crippen LogP contribution < -0.4 is 5.32 Å². The number of hydrogen-bond acceptors (Lipinski definition) is 1. The Bertz CT molecular complexity index is 908. The quantitative estimate of drug-likeness (QED) is 0.124. The molecule has 0 atom stereocenters. The average Bonchev–Trinajstić information content (AvgIpc) is 2.91. The second kappa shape index (κ2) is 21.1. The van der Waals surface area contributed by atoms with Crippen LogP contribution in [0.2, 0.25) is 0 Å². The number of allylic oxidation sites excluding steroid dienone is 4. The van der Waals surface area contributed by atoms with Crippen LogP contribution in [0.3, 0.4) is 0 Å². The van der Waals surface area contributed by atoms with Gasteiger partial charge in [-0.3, -0.25) is 4.79 Å². The summed E-state index contributed by atoms with van der Waals surface area (Å²) in [6.45, 7) is 2.25. The summed E-state index contributed by atoms with van der Waals surface area (Å²) in [4.78, 5) is 12.5. The molecule has 0 fully saturated rings. The molecular formula is C35H47NO. The number of hydrogen-bond donors (Lipinski definition) is 1. The Morgan fingerprint density at radius 2 is 1.27 bits per heavy atom. The molecule has 2 rings (SSSR count). The molecule has 0 saturated heterocycles. The first-order chi connectivity index (χ1) is 18.3. The summed E-state index contributed by atoms with van der Waals surface area (Å²) in [7, 11) is 0. The van der Waals surface area contributed by atoms with Crippen LogP contribution >= 0.6 is 0 Å². The van der Waals surface area contributed by atoms with Gasteiger partial charge in [-0.25, -0.2) is 0 Å². The molecular weight excluding hydrogens is 450 g/mol. The van der Waals surface area contributed by atoms with Crippen molar-refractivity contribution < 1.29 is 4.79 Å². The number of carbonyl (C=O) groups is 1. The third kappa shape index (κ3) is 16.3. The maximum atomic E-state index is 12.5. The van der Waals surface area contributed by atoms with E-state index in [1.807, 2.05) is 36.4 Å². The topological polar surface area (TPSA) is 29.1 Å². The van der Waals surface area contributed by atoms with Gasteiger partial charge in [-0.2, -0.15) is 0 Å². The lowest BCUT2D eigenvalue weighted by Gasteiger charge is -2.17. The minimum atomic E-state index is -0.167. The number of benzene rings is 2. The van der Waals surface area contributed by atoms with E-state index < -0.39 is 0 Å². The van der Waals surface area contributed by atoms with Crippen LogP contribution in [0.4, 0.5) is 0 Å². The minimum absolute atomic E-state index is 0.0301. The average molecular weight is 498 g/mol. The lowest BCUT2D eigenvalue weighted by Crippen LogP contribution is -2.37. The lowest BCUT2D eigenvalue weighted by molar-refractivity contribution is -0.116. The predicted molar refractivity (Wildman–Crippen MR) is 159 cm³/mol. The lowest BCUT2D eigenvalue weighted by atomic mass is 9.99. The molecule has 0 aliphatic carbocycles. The van der Waals surface area contributed by atoms with Gasteiger partial charge in [-0.1, -0.05) is 130 Å². The molecule has 0 heterocycles. The zero-order valence-electron chi connectivity index (χ0n) is 23.0. The van der Waals surface area contributed by atoms with E-state index in [0.29, 0.717) is 0 Å². The van der Waals surface area contributed by atoms with Gasteiger partial charge in [0.1, 0.15) is 0 Å². The van der Waals surface area contributed by atoms with Crippen molar-refractivity contribution in [3.8, 4) is 11.8 Å². The van der Waals surface area contributed by atoms with Crippen molar-refractivity contribution in [1.29, 1.82) is 0 Å². The first-order valence-electron chi connectivity index (χ1n) is 14.4. The molecule has 2 aromatic carbocycles. The van der Waals surface area contributed by atoms with Crippen molar-refractivity contribution >= 4 is 5.91 Å². The SMILES string of the molecule is CCCCCC=CCC=CCCCCCCCC#CC(=O)NC(Cc1ccccc1)Cc1ccccc1. The molecule has 0 radical (unpaired) electrons. The Morgan fingerprint density at radius 3 is 1.86 bits per heavy atom. The highest BCUT2D eigenvalue weighted by atomic mass is 16.1. The summed E-state index contributed by atoms with van der Waals surface area (Å²) >= 11 is 0. The number of unbranched alkanes of at least 4 members (excludes halogenated alkanes) is 9. The van der Waals surface area contributed by atoms with Gasteiger partial charge in [-0.05, 0) is 68.4 Å². The molecule has 0 saturated carbocycles. The summed E-state index contributed by atoms with van der Waals surface area (Å²) in [5.41, 5.74) is 2.45. The molecule has 0 aliphatic rings. The van der Waals surface area contributed by atoms with E-state index in [1.54, 1.807) is 0 Å². The van der Waals surface area contributed by atoms with Crippen LogP contribution in [0.5, 0.6) is 0 Å². The first kappa shape index (κ1) is 30.2. The largest absolute Gasteiger partial charge is 0.342 e. The van der Waals surface area contributed by atoms with Crippen LogP contribution in [-0.2, 0) is 17.6 Å². The fourth-order valence-electron chi connectivity index (χ4n) is 4.36. The summed E-state index contributed by atoms with van der Waals surface area (Å²) in [6.07, 6.45) is 25.1. The number of amides is 1. The van der Waals surface area contributed by atoms with Gasteiger partial charge < -0.3 is 5.32 Å². The molecule has 2 aromatic rings. The first-order valence-corrected chi connectivity index (χ1v) is 14.4. The molecule has 198 valence electrons. The summed E-state index contributed by atoms with van der Waals surface area (Å²) in [5.74, 6) is 5.74. The molecule has 2 heteroatoms. The fraction of sp³-hybridized carbons (Fsp3) is 0.457. The van der Waals surface area contributed by atoms with Gasteiger partial charge in [0, 0.05) is 12.5 Å². The van der Waals surface area contributed by atoms with Crippen LogP contribution in [0.1, 0.15) is 95.1 Å². The number of nitrogens with one attached hydrogen (secondary N) is 1. The van der Waals surface area contributed by atoms with Gasteiger partial charge >= 0.3 is 0 Å². The highest BCUT2D eigenvalue weighted by Gasteiger charge is 2.13. The maximum absolute atomic E-state index is 12.5. The molecule has 1 amide bonds. The highest BCUT2D eigenvalue weighted by Crippen LogP contribution is 2.10. The number of rotatable bonds is 18. The van der Waals surface area contributed by atoms with Crippen molar-refractivity contribution in [1.82, 2.24) is 5.32 Å². The summed E-state index contributed by atoms with van der Waals surface area (Å²) in [5, 5.41) is 3.15. The Hall–Kier alpha value is -3.05. The van der Waals surface area contributed by atoms with E-state index in [9.17, 15) is 4.79 Å². The van der Waals surface area contributed by atoms with E-state index in [1.165, 1.54) is 68.9 Å². The van der Waals surface area contributed by atoms with Crippen molar-refractivity contribution in [3.05, 3.63) is 96.1 Å². The predicted octanol–water partition coefficient (Wildman–Crippen LogP) is 8.77. The molecule has 0 aliphatic heterocycles. The zero-order chi connectivity index (χ0) is 26.2. The molecule has 0 spiro atoms. The fourth-order valence-corrected chi connectivity index (χ4v) is 4.36. The Labute approximate surface area is 226 Å². The molecule has 0 unspecified atom stereocenters. The van der Waals surface area contributed by atoms with Crippen molar-refractivity contribution in [3.63, 3.8) is 0 Å². The van der Waals surface area contributed by atoms with Gasteiger partial charge in [-0.15, -0.1) is 0 Å². The second-order valence-electron chi connectivity index (χ2n) is 9.83. The monoisotopic (exact) mass is 497 g/mol. The van der Waals surface area contributed by atoms with Gasteiger partial charge in [0.05, 0.1) is 0 Å². The molecule has 0 aromatic heterocycles. The number of carbonyl (C=O) groups excluding carboxylic acids is 1. The molecule has 37 heavy (non-hydrogen) atoms. The van der Waals surface area contributed by atoms with Crippen molar-refractivity contribution in [2.24, 2.45) is 0 Å². The molecule has 2 nitrogen and oxygen atoms in total. The minimum Gasteiger partial charge on any atom is -0.342 e. The maximum Gasteiger partial charge on any atom is 0.296 e. The van der Waals surface area contributed by atoms with Crippen LogP contribution in [0, 0.1) is 11.8 Å². The van der Waals surface area contributed by atoms with Crippen molar-refractivity contribution in [2.75, 3.05) is 0 Å². The van der Waals surface area contributed by atoms with Gasteiger partial charge in [0.2, 0.25) is 0 Å². The summed E-state index contributed by atoms with van der Waals surface area (Å²) in [6, 6.07) is 20.7. The van der Waals surface area contributed by atoms with Crippen molar-refractivity contribution in [2.45, 2.75) is 103 Å². The standard InChI is InChI=1S/C35H47NO/c1-2-3-4-5-6-7-8-9-10-11-12-13-14-15-16-17-24-29-35(37)36-34(30-32-25-20-18-21-26-32)31-33-27-22-19-23-28-33/h6-7,9-10,18-23,25-28,34H,2-5,8,11-17,30-31H2,1H3,(H,36,37). The highest BCUT2D eigenvalue weighted by molar-refractivity contribution is 5.93. The van der Waals surface area contributed by atoms with Crippen LogP contribution in [-0.4, -0.2) is 11.9 Å². The van der Waals surface area contributed by atoms with E-state index >= 15 is 0 Å². The molecule has 1 N–H and O–H groups in total. The summed E-state index contributed by atoms with van der Waals surface area (Å²) < 4.78 is 0. The zero-order valence-corrected chi connectivity index (χ0v) is 23.0. The van der Waals surface area contributed by atoms with E-state index in [2.05, 4.69) is 72.7 Å². The van der Waals surface area contributed by atoms with E-state index in [0.717, 1.165) is 32.1 Å². The Morgan fingerprint density at radius 1 is 0.730 bits per heavy atom. The molecule has 0 bridgehead atoms. The third-order valence-corrected chi connectivity index (χ3v) is 6.44. The van der Waals surface area contributed by atoms with Crippen LogP contribution in [0.15, 0.2) is 85.0 Å².